The van der Waals surface area contributed by atoms with Crippen LogP contribution in [0.15, 0.2) is 0 Å². The van der Waals surface area contributed by atoms with E-state index in [1.165, 1.54) is 0 Å². The molecule has 0 spiro atoms. The van der Waals surface area contributed by atoms with E-state index >= 15 is 0 Å². The predicted octanol–water partition coefficient (Wildman–Crippen LogP) is -2.54. The van der Waals surface area contributed by atoms with Crippen molar-refractivity contribution in [2.24, 2.45) is 0 Å². The molecule has 4 nitrogen and oxygen atoms in total. The molecule has 0 atom stereocenters. The van der Waals surface area contributed by atoms with Crippen molar-refractivity contribution in [3.63, 3.8) is 0 Å². The summed E-state index contributed by atoms with van der Waals surface area (Å²) in [6.07, 6.45) is 0. The average Bonchev–Trinajstić information content (AvgIpc) is 1.35. The molecule has 46 valence electrons. The van der Waals surface area contributed by atoms with Gasteiger partial charge in [-0.25, -0.2) is 0 Å². The van der Waals surface area contributed by atoms with E-state index in [0.29, 0.717) is 0 Å². The van der Waals surface area contributed by atoms with Crippen LogP contribution in [0.1, 0.15) is 0 Å². The van der Waals surface area contributed by atoms with E-state index in [-0.39, 0.29) is 49.6 Å². The third-order valence-electron chi connectivity index (χ3n) is 0.137. The van der Waals surface area contributed by atoms with E-state index in [4.69, 9.17) is 9.79 Å². The van der Waals surface area contributed by atoms with Crippen LogP contribution in [0.3, 0.4) is 0 Å². The van der Waals surface area contributed by atoms with Crippen molar-refractivity contribution in [2.75, 3.05) is 0 Å². The Labute approximate surface area is 74.0 Å². The molecule has 7 heteroatoms. The Balaban J connectivity index is 0. The molecule has 0 rings (SSSR count). The van der Waals surface area contributed by atoms with E-state index < -0.39 is 7.82 Å². The topological polar surface area (TPSA) is 66.8 Å². The standard InChI is InChI=1S/Bi.H3O4P.Sb.5H/c;1-5(2,3)4;;;;;;/h;(H3,1,2,3,4);;;;;;/q;;+1;;;;;/p-1. The number of hydrogen-bond donors (Lipinski definition) is 2. The van der Waals surface area contributed by atoms with Gasteiger partial charge in [-0.05, 0) is 0 Å². The molecule has 0 saturated heterocycles. The minimum absolute atomic E-state index is 0. The molecule has 0 aromatic carbocycles. The summed E-state index contributed by atoms with van der Waals surface area (Å²) in [4.78, 5) is 15.5. The Morgan fingerprint density at radius 3 is 1.71 bits per heavy atom. The van der Waals surface area contributed by atoms with Crippen LogP contribution in [-0.4, -0.2) is 59.4 Å². The summed E-state index contributed by atoms with van der Waals surface area (Å²) in [5.41, 5.74) is 0. The van der Waals surface area contributed by atoms with Gasteiger partial charge in [-0.1, -0.05) is 0 Å². The van der Waals surface area contributed by atoms with Gasteiger partial charge in [-0.3, -0.25) is 0 Å². The summed E-state index contributed by atoms with van der Waals surface area (Å²) in [7, 11) is -4.09. The van der Waals surface area contributed by atoms with E-state index in [9.17, 15) is 4.57 Å². The summed E-state index contributed by atoms with van der Waals surface area (Å²) in [5.74, 6) is 0. The molecule has 0 saturated carbocycles. The van der Waals surface area contributed by atoms with Gasteiger partial charge in [-0.2, -0.15) is 0 Å². The van der Waals surface area contributed by atoms with Crippen LogP contribution in [0.2, 0.25) is 0 Å². The Hall–Kier alpha value is 1.81. The average molecular weight is 433 g/mol. The Bertz CT molecular complexity index is 75.8. The van der Waals surface area contributed by atoms with Crippen molar-refractivity contribution < 1.29 is 17.2 Å². The SMILES string of the molecule is O=P(O)(O)[O][SbH2].[BiH3]. The molecule has 2 N–H and O–H groups in total. The van der Waals surface area contributed by atoms with E-state index in [1.807, 2.05) is 0 Å². The summed E-state index contributed by atoms with van der Waals surface area (Å²) in [5, 5.41) is 0. The van der Waals surface area contributed by atoms with E-state index in [2.05, 4.69) is 2.80 Å². The first-order valence-electron chi connectivity index (χ1n) is 1.00. The molecular weight excluding hydrogens is 426 g/mol. The first kappa shape index (κ1) is 11.6. The Kier molecular flexibility index (Phi) is 7.73. The monoisotopic (exact) mass is 432 g/mol. The molecule has 0 heterocycles. The third kappa shape index (κ3) is 11.4. The molecule has 0 aromatic heterocycles. The second kappa shape index (κ2) is 4.67. The van der Waals surface area contributed by atoms with Crippen LogP contribution in [0.25, 0.3) is 0 Å². The van der Waals surface area contributed by atoms with Crippen LogP contribution in [0.4, 0.5) is 0 Å². The first-order valence-corrected chi connectivity index (χ1v) is 3.88. The fourth-order valence-corrected chi connectivity index (χ4v) is 0. The van der Waals surface area contributed by atoms with Gasteiger partial charge in [0.1, 0.15) is 0 Å². The molecule has 0 amide bonds. The van der Waals surface area contributed by atoms with Crippen molar-refractivity contribution >= 4 is 57.5 Å². The van der Waals surface area contributed by atoms with Crippen molar-refractivity contribution in [3.8, 4) is 0 Å². The predicted molar refractivity (Wildman–Crippen MR) is 31.6 cm³/mol. The number of hydrogen-bond acceptors (Lipinski definition) is 2. The molecule has 0 unspecified atom stereocenters. The van der Waals surface area contributed by atoms with Gasteiger partial charge >= 0.3 is 74.6 Å². The maximum absolute atomic E-state index is 9.50. The van der Waals surface area contributed by atoms with Gasteiger partial charge in [0.25, 0.3) is 0 Å². The zero-order valence-corrected chi connectivity index (χ0v) is 13.1. The minimum atomic E-state index is -4.09. The zero-order chi connectivity index (χ0) is 5.21. The van der Waals surface area contributed by atoms with Crippen LogP contribution >= 0.6 is 7.82 Å². The van der Waals surface area contributed by atoms with Gasteiger partial charge in [-0.15, -0.1) is 0 Å². The van der Waals surface area contributed by atoms with Crippen molar-refractivity contribution in [1.82, 2.24) is 0 Å². The molecule has 0 aliphatic heterocycles. The maximum atomic E-state index is 9.50. The molecule has 0 radical (unpaired) electrons. The van der Waals surface area contributed by atoms with E-state index in [1.54, 1.807) is 0 Å². The van der Waals surface area contributed by atoms with Gasteiger partial charge in [0, 0.05) is 0 Å². The van der Waals surface area contributed by atoms with Crippen LogP contribution < -0.4 is 0 Å². The first-order chi connectivity index (χ1) is 2.56. The quantitative estimate of drug-likeness (QED) is 0.354. The van der Waals surface area contributed by atoms with Crippen LogP contribution in [-0.2, 0) is 7.37 Å². The fourth-order valence-electron chi connectivity index (χ4n) is 0. The summed E-state index contributed by atoms with van der Waals surface area (Å²) >= 11 is 0.140. The molecule has 0 bridgehead atoms. The van der Waals surface area contributed by atoms with Crippen molar-refractivity contribution in [2.45, 2.75) is 0 Å². The Morgan fingerprint density at radius 2 is 1.71 bits per heavy atom. The van der Waals surface area contributed by atoms with Gasteiger partial charge < -0.3 is 0 Å². The number of phosphoric acid groups is 1. The third-order valence-corrected chi connectivity index (χ3v) is 2.76. The molecule has 7 heavy (non-hydrogen) atoms. The van der Waals surface area contributed by atoms with Gasteiger partial charge in [0.2, 0.25) is 0 Å². The molecule has 0 aliphatic carbocycles. The van der Waals surface area contributed by atoms with E-state index in [0.717, 1.165) is 0 Å². The van der Waals surface area contributed by atoms with Gasteiger partial charge in [0.15, 0.2) is 0 Å². The van der Waals surface area contributed by atoms with Gasteiger partial charge in [0.05, 0.1) is 0 Å². The Morgan fingerprint density at radius 1 is 1.57 bits per heavy atom. The normalized spacial score (nSPS) is 10.1. The molecule has 0 aliphatic rings. The molecular formula is H7BiO4PSb. The number of rotatable bonds is 1. The second-order valence-electron chi connectivity index (χ2n) is 0.596. The zero-order valence-electron chi connectivity index (χ0n) is 3.44. The van der Waals surface area contributed by atoms with Crippen molar-refractivity contribution in [1.29, 1.82) is 0 Å². The molecule has 0 fully saturated rings. The fraction of sp³-hybridized carbons (Fsp3) is 0. The molecule has 0 aromatic rings. The second-order valence-corrected chi connectivity index (χ2v) is 3.59. The summed E-state index contributed by atoms with van der Waals surface area (Å²) in [6, 6.07) is 0. The van der Waals surface area contributed by atoms with Crippen molar-refractivity contribution in [3.05, 3.63) is 0 Å². The summed E-state index contributed by atoms with van der Waals surface area (Å²) < 4.78 is 13.2. The van der Waals surface area contributed by atoms with Crippen LogP contribution in [0.5, 0.6) is 0 Å². The summed E-state index contributed by atoms with van der Waals surface area (Å²) in [6.45, 7) is 0. The van der Waals surface area contributed by atoms with Crippen LogP contribution in [0, 0.1) is 0 Å².